The van der Waals surface area contributed by atoms with Crippen LogP contribution < -0.4 is 10.6 Å². The second-order valence-corrected chi connectivity index (χ2v) is 8.10. The molecule has 0 saturated heterocycles. The molecule has 0 radical (unpaired) electrons. The van der Waals surface area contributed by atoms with Crippen molar-refractivity contribution in [2.24, 2.45) is 0 Å². The molecule has 1 unspecified atom stereocenters. The number of esters is 1. The second-order valence-electron chi connectivity index (χ2n) is 8.10. The first-order chi connectivity index (χ1) is 17.2. The van der Waals surface area contributed by atoms with Crippen LogP contribution in [0.3, 0.4) is 0 Å². The summed E-state index contributed by atoms with van der Waals surface area (Å²) < 4.78 is 45.6. The summed E-state index contributed by atoms with van der Waals surface area (Å²) in [5.41, 5.74) is 1.79. The molecule has 3 rings (SSSR count). The molecule has 0 fully saturated rings. The Kier molecular flexibility index (Phi) is 9.05. The minimum atomic E-state index is -4.56. The molecule has 0 spiro atoms. The van der Waals surface area contributed by atoms with Gasteiger partial charge in [-0.15, -0.1) is 0 Å². The Bertz CT molecular complexity index is 1180. The fraction of sp³-hybridized carbons (Fsp3) is 0.296. The van der Waals surface area contributed by atoms with E-state index in [0.29, 0.717) is 23.2 Å². The van der Waals surface area contributed by atoms with Crippen LogP contribution in [0.5, 0.6) is 0 Å². The molecular formula is C27H28F3N3O3. The molecule has 36 heavy (non-hydrogen) atoms. The molecule has 2 N–H and O–H groups in total. The monoisotopic (exact) mass is 499 g/mol. The third-order valence-corrected chi connectivity index (χ3v) is 5.52. The van der Waals surface area contributed by atoms with Gasteiger partial charge in [-0.1, -0.05) is 43.3 Å². The average Bonchev–Trinajstić information content (AvgIpc) is 2.86. The van der Waals surface area contributed by atoms with Crippen molar-refractivity contribution in [2.75, 3.05) is 6.61 Å². The quantitative estimate of drug-likeness (QED) is 0.364. The Morgan fingerprint density at radius 2 is 1.75 bits per heavy atom. The number of pyridine rings is 1. The number of nitrogens with zero attached hydrogens (tertiary/aromatic N) is 1. The van der Waals surface area contributed by atoms with E-state index in [2.05, 4.69) is 15.6 Å². The van der Waals surface area contributed by atoms with Crippen LogP contribution in [0.2, 0.25) is 0 Å². The van der Waals surface area contributed by atoms with Crippen LogP contribution >= 0.6 is 0 Å². The standard InChI is InChI=1S/C27H28F3N3O3/c1-3-23(33-26(35)32-17-18-8-6-5-7-9-18)22-16-20(27(28,29)30)10-11-21(22)24-14-19(12-13-31-24)15-25(34)36-4-2/h5-14,16,23H,3-4,15,17H2,1-2H3,(H2,32,33,35). The average molecular weight is 500 g/mol. The van der Waals surface area contributed by atoms with Crippen molar-refractivity contribution in [1.82, 2.24) is 15.6 Å². The van der Waals surface area contributed by atoms with Gasteiger partial charge in [0.15, 0.2) is 0 Å². The van der Waals surface area contributed by atoms with Crippen molar-refractivity contribution in [2.45, 2.75) is 45.5 Å². The van der Waals surface area contributed by atoms with E-state index in [9.17, 15) is 22.8 Å². The van der Waals surface area contributed by atoms with E-state index in [1.807, 2.05) is 30.3 Å². The lowest BCUT2D eigenvalue weighted by Gasteiger charge is -2.22. The second kappa shape index (κ2) is 12.2. The number of aromatic nitrogens is 1. The van der Waals surface area contributed by atoms with Crippen LogP contribution in [-0.2, 0) is 28.7 Å². The van der Waals surface area contributed by atoms with Crippen LogP contribution in [-0.4, -0.2) is 23.6 Å². The number of carbonyl (C=O) groups is 2. The number of alkyl halides is 3. The lowest BCUT2D eigenvalue weighted by atomic mass is 9.93. The van der Waals surface area contributed by atoms with Crippen molar-refractivity contribution in [1.29, 1.82) is 0 Å². The fourth-order valence-corrected chi connectivity index (χ4v) is 3.76. The summed E-state index contributed by atoms with van der Waals surface area (Å²) in [7, 11) is 0. The van der Waals surface area contributed by atoms with Crippen LogP contribution in [0, 0.1) is 0 Å². The van der Waals surface area contributed by atoms with Gasteiger partial charge in [-0.2, -0.15) is 13.2 Å². The molecule has 190 valence electrons. The SMILES string of the molecule is CCOC(=O)Cc1ccnc(-c2ccc(C(F)(F)F)cc2C(CC)NC(=O)NCc2ccccc2)c1. The highest BCUT2D eigenvalue weighted by Crippen LogP contribution is 2.36. The summed E-state index contributed by atoms with van der Waals surface area (Å²) in [6.07, 6.45) is -2.71. The molecule has 9 heteroatoms. The molecule has 0 aliphatic heterocycles. The number of halogens is 3. The van der Waals surface area contributed by atoms with Gasteiger partial charge < -0.3 is 15.4 Å². The van der Waals surface area contributed by atoms with E-state index in [4.69, 9.17) is 4.74 Å². The summed E-state index contributed by atoms with van der Waals surface area (Å²) in [4.78, 5) is 28.8. The maximum atomic E-state index is 13.6. The first kappa shape index (κ1) is 26.7. The third-order valence-electron chi connectivity index (χ3n) is 5.52. The first-order valence-corrected chi connectivity index (χ1v) is 11.6. The number of amides is 2. The molecule has 0 aliphatic carbocycles. The highest BCUT2D eigenvalue weighted by atomic mass is 19.4. The number of nitrogens with one attached hydrogen (secondary N) is 2. The zero-order valence-corrected chi connectivity index (χ0v) is 20.1. The maximum absolute atomic E-state index is 13.6. The molecule has 1 heterocycles. The molecule has 6 nitrogen and oxygen atoms in total. The van der Waals surface area contributed by atoms with E-state index >= 15 is 0 Å². The maximum Gasteiger partial charge on any atom is 0.416 e. The summed E-state index contributed by atoms with van der Waals surface area (Å²) in [6, 6.07) is 14.7. The number of benzene rings is 2. The molecule has 2 amide bonds. The molecule has 0 saturated carbocycles. The Balaban J connectivity index is 1.91. The number of rotatable bonds is 9. The summed E-state index contributed by atoms with van der Waals surface area (Å²) >= 11 is 0. The van der Waals surface area contributed by atoms with E-state index in [-0.39, 0.29) is 25.1 Å². The van der Waals surface area contributed by atoms with Crippen molar-refractivity contribution < 1.29 is 27.5 Å². The molecule has 2 aromatic carbocycles. The summed E-state index contributed by atoms with van der Waals surface area (Å²) in [5, 5.41) is 5.53. The van der Waals surface area contributed by atoms with Gasteiger partial charge in [0, 0.05) is 18.3 Å². The zero-order valence-electron chi connectivity index (χ0n) is 20.1. The lowest BCUT2D eigenvalue weighted by molar-refractivity contribution is -0.142. The van der Waals surface area contributed by atoms with Crippen molar-refractivity contribution in [3.63, 3.8) is 0 Å². The van der Waals surface area contributed by atoms with Gasteiger partial charge in [-0.3, -0.25) is 9.78 Å². The highest BCUT2D eigenvalue weighted by Gasteiger charge is 2.32. The Hall–Kier alpha value is -3.88. The normalized spacial score (nSPS) is 12.0. The number of hydrogen-bond donors (Lipinski definition) is 2. The number of ether oxygens (including phenoxy) is 1. The number of urea groups is 1. The van der Waals surface area contributed by atoms with E-state index < -0.39 is 29.8 Å². The highest BCUT2D eigenvalue weighted by molar-refractivity contribution is 5.76. The van der Waals surface area contributed by atoms with Crippen LogP contribution in [0.4, 0.5) is 18.0 Å². The molecule has 1 aromatic heterocycles. The number of hydrogen-bond acceptors (Lipinski definition) is 4. The zero-order chi connectivity index (χ0) is 26.1. The van der Waals surface area contributed by atoms with Crippen molar-refractivity contribution >= 4 is 12.0 Å². The molecule has 0 aliphatic rings. The lowest BCUT2D eigenvalue weighted by Crippen LogP contribution is -2.37. The third kappa shape index (κ3) is 7.31. The predicted octanol–water partition coefficient (Wildman–Crippen LogP) is 5.82. The molecular weight excluding hydrogens is 471 g/mol. The van der Waals surface area contributed by atoms with Crippen LogP contribution in [0.1, 0.15) is 48.6 Å². The van der Waals surface area contributed by atoms with E-state index in [1.165, 1.54) is 12.3 Å². The number of carbonyl (C=O) groups excluding carboxylic acids is 2. The van der Waals surface area contributed by atoms with Crippen LogP contribution in [0.15, 0.2) is 66.9 Å². The van der Waals surface area contributed by atoms with Gasteiger partial charge >= 0.3 is 18.2 Å². The van der Waals surface area contributed by atoms with Gasteiger partial charge in [0.25, 0.3) is 0 Å². The van der Waals surface area contributed by atoms with Crippen molar-refractivity contribution in [3.05, 3.63) is 89.1 Å². The van der Waals surface area contributed by atoms with Gasteiger partial charge in [-0.25, -0.2) is 4.79 Å². The van der Waals surface area contributed by atoms with Crippen molar-refractivity contribution in [3.8, 4) is 11.3 Å². The van der Waals surface area contributed by atoms with Gasteiger partial charge in [-0.05, 0) is 54.3 Å². The largest absolute Gasteiger partial charge is 0.466 e. The van der Waals surface area contributed by atoms with Crippen LogP contribution in [0.25, 0.3) is 11.3 Å². The smallest absolute Gasteiger partial charge is 0.416 e. The van der Waals surface area contributed by atoms with Gasteiger partial charge in [0.1, 0.15) is 0 Å². The Morgan fingerprint density at radius 1 is 1.00 bits per heavy atom. The summed E-state index contributed by atoms with van der Waals surface area (Å²) in [5.74, 6) is -0.412. The topological polar surface area (TPSA) is 80.3 Å². The molecule has 3 aromatic rings. The van der Waals surface area contributed by atoms with E-state index in [1.54, 1.807) is 26.0 Å². The summed E-state index contributed by atoms with van der Waals surface area (Å²) in [6.45, 7) is 4.00. The fourth-order valence-electron chi connectivity index (χ4n) is 3.76. The Morgan fingerprint density at radius 3 is 2.42 bits per heavy atom. The predicted molar refractivity (Wildman–Crippen MR) is 130 cm³/mol. The van der Waals surface area contributed by atoms with Gasteiger partial charge in [0.2, 0.25) is 0 Å². The van der Waals surface area contributed by atoms with Gasteiger partial charge in [0.05, 0.1) is 30.3 Å². The Labute approximate surface area is 207 Å². The minimum Gasteiger partial charge on any atom is -0.466 e. The molecule has 1 atom stereocenters. The van der Waals surface area contributed by atoms with E-state index in [0.717, 1.165) is 17.7 Å². The molecule has 0 bridgehead atoms. The minimum absolute atomic E-state index is 0.0106. The first-order valence-electron chi connectivity index (χ1n) is 11.6.